The first kappa shape index (κ1) is 27.0. The van der Waals surface area contributed by atoms with Crippen LogP contribution in [0.25, 0.3) is 0 Å². The molecule has 0 atom stereocenters. The number of hydrogen-bond donors (Lipinski definition) is 0. The summed E-state index contributed by atoms with van der Waals surface area (Å²) in [7, 11) is 0. The Labute approximate surface area is 169 Å². The summed E-state index contributed by atoms with van der Waals surface area (Å²) in [5.41, 5.74) is 0. The fourth-order valence-corrected chi connectivity index (χ4v) is 3.05. The maximum Gasteiger partial charge on any atom is 1.00 e. The van der Waals surface area contributed by atoms with Crippen LogP contribution in [0.3, 0.4) is 0 Å². The molecule has 0 fully saturated rings. The van der Waals surface area contributed by atoms with Gasteiger partial charge in [-0.15, -0.1) is 0 Å². The van der Waals surface area contributed by atoms with Crippen molar-refractivity contribution in [2.45, 2.75) is 122 Å². The fraction of sp³-hybridized carbons (Fsp3) is 0.864. The van der Waals surface area contributed by atoms with E-state index in [1.165, 1.54) is 96.3 Å². The van der Waals surface area contributed by atoms with E-state index in [4.69, 9.17) is 0 Å². The van der Waals surface area contributed by atoms with Gasteiger partial charge in [-0.2, -0.15) is 0 Å². The number of carboxylic acids is 1. The topological polar surface area (TPSA) is 40.1 Å². The zero-order valence-corrected chi connectivity index (χ0v) is 17.2. The smallest absolute Gasteiger partial charge is 0.550 e. The molecule has 0 aliphatic heterocycles. The van der Waals surface area contributed by atoms with Crippen LogP contribution in [-0.2, 0) is 4.79 Å². The number of unbranched alkanes of at least 4 members (excludes halogenated alkanes) is 15. The van der Waals surface area contributed by atoms with Crippen LogP contribution in [0.4, 0.5) is 0 Å². The van der Waals surface area contributed by atoms with Crippen LogP contribution in [-0.4, -0.2) is 5.97 Å². The Morgan fingerprint density at radius 3 is 1.40 bits per heavy atom. The molecule has 2 nitrogen and oxygen atoms in total. The molecule has 0 bridgehead atoms. The molecule has 3 heteroatoms. The molecule has 0 saturated heterocycles. The van der Waals surface area contributed by atoms with Crippen molar-refractivity contribution in [3.8, 4) is 0 Å². The van der Waals surface area contributed by atoms with Crippen LogP contribution in [0.15, 0.2) is 12.2 Å². The summed E-state index contributed by atoms with van der Waals surface area (Å²) >= 11 is 0. The number of allylic oxidation sites excluding steroid dienone is 2. The van der Waals surface area contributed by atoms with Gasteiger partial charge in [0.25, 0.3) is 0 Å². The molecule has 0 spiro atoms. The second-order valence-electron chi connectivity index (χ2n) is 7.12. The van der Waals surface area contributed by atoms with Crippen molar-refractivity contribution in [1.29, 1.82) is 0 Å². The van der Waals surface area contributed by atoms with Gasteiger partial charge < -0.3 is 9.90 Å². The molecule has 0 aliphatic rings. The van der Waals surface area contributed by atoms with Crippen molar-refractivity contribution in [1.82, 2.24) is 0 Å². The van der Waals surface area contributed by atoms with Gasteiger partial charge in [0.15, 0.2) is 0 Å². The summed E-state index contributed by atoms with van der Waals surface area (Å²) in [5.74, 6) is -0.906. The Kier molecular flexibility index (Phi) is 25.7. The molecule has 142 valence electrons. The third-order valence-corrected chi connectivity index (χ3v) is 4.64. The van der Waals surface area contributed by atoms with E-state index >= 15 is 0 Å². The van der Waals surface area contributed by atoms with Crippen LogP contribution in [0.1, 0.15) is 122 Å². The largest absolute Gasteiger partial charge is 1.00 e. The summed E-state index contributed by atoms with van der Waals surface area (Å²) in [6, 6.07) is 0. The van der Waals surface area contributed by atoms with Crippen LogP contribution in [0.5, 0.6) is 0 Å². The molecule has 0 saturated carbocycles. The van der Waals surface area contributed by atoms with E-state index in [0.29, 0.717) is 0 Å². The first-order valence-electron chi connectivity index (χ1n) is 10.6. The average Bonchev–Trinajstić information content (AvgIpc) is 2.56. The van der Waals surface area contributed by atoms with Gasteiger partial charge in [0.05, 0.1) is 0 Å². The first-order valence-corrected chi connectivity index (χ1v) is 10.6. The predicted molar refractivity (Wildman–Crippen MR) is 103 cm³/mol. The SMILES string of the molecule is CCCCCCCC/C=C\CCCCCCCCCCCC(=O)[O-].[Li+]. The van der Waals surface area contributed by atoms with E-state index < -0.39 is 5.97 Å². The van der Waals surface area contributed by atoms with Crippen LogP contribution >= 0.6 is 0 Å². The number of aliphatic carboxylic acids is 1. The summed E-state index contributed by atoms with van der Waals surface area (Å²) in [6.45, 7) is 2.27. The number of carboxylic acid groups (broad SMARTS) is 1. The third kappa shape index (κ3) is 26.2. The van der Waals surface area contributed by atoms with Gasteiger partial charge >= 0.3 is 18.9 Å². The van der Waals surface area contributed by atoms with E-state index in [9.17, 15) is 9.90 Å². The van der Waals surface area contributed by atoms with E-state index in [1.807, 2.05) is 0 Å². The number of rotatable bonds is 19. The summed E-state index contributed by atoms with van der Waals surface area (Å²) in [5, 5.41) is 10.3. The Morgan fingerprint density at radius 2 is 1.00 bits per heavy atom. The molecule has 0 aromatic carbocycles. The molecule has 0 radical (unpaired) electrons. The van der Waals surface area contributed by atoms with E-state index in [0.717, 1.165) is 12.8 Å². The minimum atomic E-state index is -0.906. The average molecular weight is 345 g/mol. The molecule has 0 N–H and O–H groups in total. The van der Waals surface area contributed by atoms with Gasteiger partial charge in [0, 0.05) is 5.97 Å². The predicted octanol–water partition coefficient (Wildman–Crippen LogP) is 3.34. The van der Waals surface area contributed by atoms with Gasteiger partial charge in [-0.1, -0.05) is 96.1 Å². The molecule has 0 amide bonds. The number of carbonyl (C=O) groups excluding carboxylic acids is 1. The van der Waals surface area contributed by atoms with Gasteiger partial charge in [0.1, 0.15) is 0 Å². The molecule has 0 aromatic rings. The van der Waals surface area contributed by atoms with Crippen molar-refractivity contribution in [2.75, 3.05) is 0 Å². The Balaban J connectivity index is 0. The van der Waals surface area contributed by atoms with Crippen LogP contribution in [0.2, 0.25) is 0 Å². The molecule has 0 aliphatic carbocycles. The Hall–Kier alpha value is -0.193. The second kappa shape index (κ2) is 23.8. The van der Waals surface area contributed by atoms with Crippen LogP contribution < -0.4 is 24.0 Å². The Bertz CT molecular complexity index is 290. The van der Waals surface area contributed by atoms with Crippen LogP contribution in [0, 0.1) is 0 Å². The number of hydrogen-bond acceptors (Lipinski definition) is 2. The summed E-state index contributed by atoms with van der Waals surface area (Å²) in [6.07, 6.45) is 26.8. The van der Waals surface area contributed by atoms with E-state index in [-0.39, 0.29) is 25.3 Å². The standard InChI is InChI=1S/C22H42O2.Li/c1-2-3-4-5-6-7-8-9-10-11-12-13-14-15-16-17-18-19-20-21-22(23)24;/h9-10H,2-8,11-21H2,1H3,(H,23,24);/q;+1/p-1/b10-9-;. The minimum Gasteiger partial charge on any atom is -0.550 e. The van der Waals surface area contributed by atoms with Crippen molar-refractivity contribution >= 4 is 5.97 Å². The summed E-state index contributed by atoms with van der Waals surface area (Å²) < 4.78 is 0. The summed E-state index contributed by atoms with van der Waals surface area (Å²) in [4.78, 5) is 10.3. The maximum atomic E-state index is 10.3. The zero-order chi connectivity index (χ0) is 17.7. The van der Waals surface area contributed by atoms with E-state index in [2.05, 4.69) is 19.1 Å². The van der Waals surface area contributed by atoms with Gasteiger partial charge in [-0.3, -0.25) is 0 Å². The molecule has 0 rings (SSSR count). The zero-order valence-electron chi connectivity index (χ0n) is 17.2. The molecule has 25 heavy (non-hydrogen) atoms. The van der Waals surface area contributed by atoms with Crippen molar-refractivity contribution < 1.29 is 28.8 Å². The minimum absolute atomic E-state index is 0. The monoisotopic (exact) mass is 344 g/mol. The molecular formula is C22H41LiO2. The fourth-order valence-electron chi connectivity index (χ4n) is 3.05. The molecule has 0 aromatic heterocycles. The van der Waals surface area contributed by atoms with Gasteiger partial charge in [0.2, 0.25) is 0 Å². The third-order valence-electron chi connectivity index (χ3n) is 4.64. The molecular weight excluding hydrogens is 303 g/mol. The number of carbonyl (C=O) groups is 1. The Morgan fingerprint density at radius 1 is 0.640 bits per heavy atom. The second-order valence-corrected chi connectivity index (χ2v) is 7.12. The van der Waals surface area contributed by atoms with Gasteiger partial charge in [-0.05, 0) is 38.5 Å². The van der Waals surface area contributed by atoms with Crippen molar-refractivity contribution in [2.24, 2.45) is 0 Å². The quantitative estimate of drug-likeness (QED) is 0.205. The van der Waals surface area contributed by atoms with Crippen molar-refractivity contribution in [3.05, 3.63) is 12.2 Å². The molecule has 0 heterocycles. The van der Waals surface area contributed by atoms with Gasteiger partial charge in [-0.25, -0.2) is 0 Å². The maximum absolute atomic E-state index is 10.3. The van der Waals surface area contributed by atoms with Crippen molar-refractivity contribution in [3.63, 3.8) is 0 Å². The first-order chi connectivity index (χ1) is 11.8. The normalized spacial score (nSPS) is 10.9. The molecule has 0 unspecified atom stereocenters. The van der Waals surface area contributed by atoms with E-state index in [1.54, 1.807) is 0 Å².